The highest BCUT2D eigenvalue weighted by molar-refractivity contribution is 6.10. The van der Waals surface area contributed by atoms with E-state index in [1.54, 1.807) is 0 Å². The van der Waals surface area contributed by atoms with Gasteiger partial charge in [0.05, 0.1) is 12.2 Å². The molecular formula is C25H31N5O. The zero-order valence-corrected chi connectivity index (χ0v) is 19.0. The van der Waals surface area contributed by atoms with Gasteiger partial charge in [0, 0.05) is 29.6 Å². The van der Waals surface area contributed by atoms with Gasteiger partial charge in [0.15, 0.2) is 0 Å². The second kappa shape index (κ2) is 10.1. The lowest BCUT2D eigenvalue weighted by atomic mass is 10.1. The average Bonchev–Trinajstić information content (AvgIpc) is 3.05. The third kappa shape index (κ3) is 6.28. The Hall–Kier alpha value is -3.41. The standard InChI is InChI=1S/C25H31N5O/c1-6-10-30-16-22(20(5)29-30)15-26-25(27-23-9-7-8-17(2)14-23)28-24(31)21-12-18(3)11-19(4)13-21/h7-9,11-14,16H,6,10,15H2,1-5H3,(H2,26,27,28,31). The summed E-state index contributed by atoms with van der Waals surface area (Å²) in [6.45, 7) is 11.4. The number of benzene rings is 2. The molecule has 1 heterocycles. The molecule has 3 aromatic rings. The van der Waals surface area contributed by atoms with Gasteiger partial charge in [-0.2, -0.15) is 5.10 Å². The van der Waals surface area contributed by atoms with Crippen LogP contribution in [0.4, 0.5) is 5.69 Å². The quantitative estimate of drug-likeness (QED) is 0.441. The minimum absolute atomic E-state index is 0.191. The van der Waals surface area contributed by atoms with Crippen LogP contribution in [0.1, 0.15) is 51.7 Å². The van der Waals surface area contributed by atoms with E-state index in [1.807, 2.05) is 81.0 Å². The molecule has 0 unspecified atom stereocenters. The first-order valence-corrected chi connectivity index (χ1v) is 10.6. The van der Waals surface area contributed by atoms with Crippen LogP contribution in [0.5, 0.6) is 0 Å². The molecule has 0 atom stereocenters. The van der Waals surface area contributed by atoms with Crippen molar-refractivity contribution >= 4 is 17.6 Å². The molecule has 0 aliphatic carbocycles. The predicted octanol–water partition coefficient (Wildman–Crippen LogP) is 4.92. The van der Waals surface area contributed by atoms with Crippen molar-refractivity contribution in [1.29, 1.82) is 0 Å². The monoisotopic (exact) mass is 417 g/mol. The number of nitrogens with one attached hydrogen (secondary N) is 2. The van der Waals surface area contributed by atoms with Crippen molar-refractivity contribution in [3.05, 3.63) is 82.2 Å². The van der Waals surface area contributed by atoms with Gasteiger partial charge in [-0.15, -0.1) is 0 Å². The van der Waals surface area contributed by atoms with Gasteiger partial charge in [-0.25, -0.2) is 4.99 Å². The van der Waals surface area contributed by atoms with E-state index in [-0.39, 0.29) is 5.91 Å². The summed E-state index contributed by atoms with van der Waals surface area (Å²) >= 11 is 0. The first-order chi connectivity index (χ1) is 14.8. The predicted molar refractivity (Wildman–Crippen MR) is 127 cm³/mol. The fourth-order valence-electron chi connectivity index (χ4n) is 3.48. The molecule has 2 aromatic carbocycles. The van der Waals surface area contributed by atoms with Crippen molar-refractivity contribution in [2.24, 2.45) is 4.99 Å². The van der Waals surface area contributed by atoms with E-state index in [2.05, 4.69) is 27.6 Å². The molecule has 1 amide bonds. The number of carbonyl (C=O) groups excluding carboxylic acids is 1. The van der Waals surface area contributed by atoms with E-state index >= 15 is 0 Å². The largest absolute Gasteiger partial charge is 0.326 e. The number of nitrogens with zero attached hydrogens (tertiary/aromatic N) is 3. The Balaban J connectivity index is 1.85. The topological polar surface area (TPSA) is 71.3 Å². The lowest BCUT2D eigenvalue weighted by Crippen LogP contribution is -2.36. The SMILES string of the molecule is CCCn1cc(CN=C(NC(=O)c2cc(C)cc(C)c2)Nc2cccc(C)c2)c(C)n1. The summed E-state index contributed by atoms with van der Waals surface area (Å²) in [5.74, 6) is 0.224. The minimum atomic E-state index is -0.191. The number of anilines is 1. The second-order valence-corrected chi connectivity index (χ2v) is 7.99. The highest BCUT2D eigenvalue weighted by Gasteiger charge is 2.12. The summed E-state index contributed by atoms with van der Waals surface area (Å²) in [4.78, 5) is 17.6. The number of aryl methyl sites for hydroxylation is 5. The average molecular weight is 418 g/mol. The molecule has 162 valence electrons. The molecule has 0 bridgehead atoms. The van der Waals surface area contributed by atoms with Crippen LogP contribution in [-0.4, -0.2) is 21.6 Å². The van der Waals surface area contributed by atoms with Gasteiger partial charge >= 0.3 is 0 Å². The number of hydrogen-bond donors (Lipinski definition) is 2. The molecule has 1 aromatic heterocycles. The Labute approximate surface area is 184 Å². The first-order valence-electron chi connectivity index (χ1n) is 10.6. The molecule has 6 nitrogen and oxygen atoms in total. The Morgan fingerprint density at radius 3 is 2.45 bits per heavy atom. The first kappa shape index (κ1) is 22.3. The van der Waals surface area contributed by atoms with Gasteiger partial charge in [-0.1, -0.05) is 36.2 Å². The lowest BCUT2D eigenvalue weighted by molar-refractivity contribution is 0.0976. The Morgan fingerprint density at radius 2 is 1.77 bits per heavy atom. The molecule has 0 saturated heterocycles. The molecule has 2 N–H and O–H groups in total. The van der Waals surface area contributed by atoms with E-state index in [9.17, 15) is 4.79 Å². The fraction of sp³-hybridized carbons (Fsp3) is 0.320. The van der Waals surface area contributed by atoms with Crippen LogP contribution in [0.2, 0.25) is 0 Å². The number of amides is 1. The molecule has 31 heavy (non-hydrogen) atoms. The maximum atomic E-state index is 12.9. The zero-order chi connectivity index (χ0) is 22.4. The molecule has 0 spiro atoms. The van der Waals surface area contributed by atoms with Gasteiger partial charge in [0.25, 0.3) is 5.91 Å². The number of guanidine groups is 1. The number of carbonyl (C=O) groups is 1. The van der Waals surface area contributed by atoms with E-state index < -0.39 is 0 Å². The van der Waals surface area contributed by atoms with Crippen molar-refractivity contribution in [2.45, 2.75) is 54.1 Å². The fourth-order valence-corrected chi connectivity index (χ4v) is 3.48. The molecule has 0 fully saturated rings. The van der Waals surface area contributed by atoms with E-state index in [0.717, 1.165) is 46.6 Å². The van der Waals surface area contributed by atoms with Crippen LogP contribution in [0.3, 0.4) is 0 Å². The normalized spacial score (nSPS) is 11.5. The van der Waals surface area contributed by atoms with Crippen LogP contribution in [0, 0.1) is 27.7 Å². The summed E-state index contributed by atoms with van der Waals surface area (Å²) in [6, 6.07) is 13.8. The molecule has 0 aliphatic heterocycles. The number of aromatic nitrogens is 2. The summed E-state index contributed by atoms with van der Waals surface area (Å²) in [5, 5.41) is 10.8. The van der Waals surface area contributed by atoms with Crippen molar-refractivity contribution in [2.75, 3.05) is 5.32 Å². The highest BCUT2D eigenvalue weighted by atomic mass is 16.1. The van der Waals surface area contributed by atoms with Gasteiger partial charge in [0.2, 0.25) is 5.96 Å². The molecule has 0 radical (unpaired) electrons. The molecule has 6 heteroatoms. The van der Waals surface area contributed by atoms with Crippen molar-refractivity contribution in [1.82, 2.24) is 15.1 Å². The van der Waals surface area contributed by atoms with Crippen LogP contribution in [0.25, 0.3) is 0 Å². The second-order valence-electron chi connectivity index (χ2n) is 7.99. The minimum Gasteiger partial charge on any atom is -0.326 e. The maximum absolute atomic E-state index is 12.9. The Bertz CT molecular complexity index is 1080. The van der Waals surface area contributed by atoms with E-state index in [1.165, 1.54) is 0 Å². The van der Waals surface area contributed by atoms with Gasteiger partial charge in [-0.05, 0) is 63.9 Å². The van der Waals surface area contributed by atoms with Crippen LogP contribution < -0.4 is 10.6 Å². The third-order valence-corrected chi connectivity index (χ3v) is 4.90. The Morgan fingerprint density at radius 1 is 1.03 bits per heavy atom. The van der Waals surface area contributed by atoms with Crippen molar-refractivity contribution < 1.29 is 4.79 Å². The van der Waals surface area contributed by atoms with Gasteiger partial charge in [0.1, 0.15) is 0 Å². The third-order valence-electron chi connectivity index (χ3n) is 4.90. The van der Waals surface area contributed by atoms with Crippen LogP contribution >= 0.6 is 0 Å². The summed E-state index contributed by atoms with van der Waals surface area (Å²) in [5.41, 5.74) is 6.71. The maximum Gasteiger partial charge on any atom is 0.257 e. The van der Waals surface area contributed by atoms with E-state index in [0.29, 0.717) is 18.1 Å². The van der Waals surface area contributed by atoms with E-state index in [4.69, 9.17) is 0 Å². The lowest BCUT2D eigenvalue weighted by Gasteiger charge is -2.13. The smallest absolute Gasteiger partial charge is 0.257 e. The molecule has 0 aliphatic rings. The summed E-state index contributed by atoms with van der Waals surface area (Å²) < 4.78 is 1.95. The van der Waals surface area contributed by atoms with Crippen LogP contribution in [-0.2, 0) is 13.1 Å². The Kier molecular flexibility index (Phi) is 7.23. The highest BCUT2D eigenvalue weighted by Crippen LogP contribution is 2.12. The molecule has 0 saturated carbocycles. The summed E-state index contributed by atoms with van der Waals surface area (Å²) in [7, 11) is 0. The summed E-state index contributed by atoms with van der Waals surface area (Å²) in [6.07, 6.45) is 3.05. The number of hydrogen-bond acceptors (Lipinski definition) is 3. The molecular weight excluding hydrogens is 386 g/mol. The van der Waals surface area contributed by atoms with Gasteiger partial charge in [-0.3, -0.25) is 14.8 Å². The number of rotatable bonds is 6. The zero-order valence-electron chi connectivity index (χ0n) is 19.0. The molecule has 3 rings (SSSR count). The van der Waals surface area contributed by atoms with Crippen LogP contribution in [0.15, 0.2) is 53.7 Å². The van der Waals surface area contributed by atoms with Crippen molar-refractivity contribution in [3.63, 3.8) is 0 Å². The number of aliphatic imine (C=N–C) groups is 1. The van der Waals surface area contributed by atoms with Crippen molar-refractivity contribution in [3.8, 4) is 0 Å². The van der Waals surface area contributed by atoms with Gasteiger partial charge < -0.3 is 5.32 Å².